The molecule has 0 aliphatic heterocycles. The molecule has 1 atom stereocenters. The van der Waals surface area contributed by atoms with Crippen molar-refractivity contribution >= 4 is 11.8 Å². The van der Waals surface area contributed by atoms with Crippen LogP contribution in [0, 0.1) is 11.6 Å². The van der Waals surface area contributed by atoms with E-state index in [4.69, 9.17) is 4.74 Å². The van der Waals surface area contributed by atoms with Crippen LogP contribution in [0.25, 0.3) is 0 Å². The molecular formula is C11H9F3N2O3S. The van der Waals surface area contributed by atoms with E-state index >= 15 is 0 Å². The molecule has 5 nitrogen and oxygen atoms in total. The zero-order valence-electron chi connectivity index (χ0n) is 9.94. The van der Waals surface area contributed by atoms with E-state index in [1.165, 1.54) is 0 Å². The van der Waals surface area contributed by atoms with Crippen LogP contribution < -0.4 is 10.5 Å². The molecule has 2 rings (SSSR count). The number of hydrogen-bond acceptors (Lipinski definition) is 5. The van der Waals surface area contributed by atoms with Gasteiger partial charge in [0.1, 0.15) is 5.82 Å². The topological polar surface area (TPSA) is 68.1 Å². The molecule has 2 aromatic rings. The first-order valence-corrected chi connectivity index (χ1v) is 6.58. The van der Waals surface area contributed by atoms with Gasteiger partial charge >= 0.3 is 5.76 Å². The van der Waals surface area contributed by atoms with Crippen LogP contribution in [-0.2, 0) is 5.75 Å². The number of nitrogens with one attached hydrogen (secondary N) is 1. The average molecular weight is 306 g/mol. The number of halogens is 3. The molecule has 0 bridgehead atoms. The first kappa shape index (κ1) is 14.5. The van der Waals surface area contributed by atoms with Gasteiger partial charge < -0.3 is 9.15 Å². The molecule has 0 amide bonds. The van der Waals surface area contributed by atoms with Gasteiger partial charge in [0.15, 0.2) is 11.6 Å². The lowest BCUT2D eigenvalue weighted by atomic mass is 10.3. The quantitative estimate of drug-likeness (QED) is 0.886. The molecule has 108 valence electrons. The molecule has 1 aromatic carbocycles. The van der Waals surface area contributed by atoms with Gasteiger partial charge in [-0.05, 0) is 12.1 Å². The van der Waals surface area contributed by atoms with Crippen LogP contribution in [0.4, 0.5) is 13.2 Å². The molecule has 0 aliphatic rings. The highest BCUT2D eigenvalue weighted by atomic mass is 32.2. The van der Waals surface area contributed by atoms with Gasteiger partial charge in [0, 0.05) is 6.07 Å². The SMILES string of the molecule is O=c1[nH]nc(CSCC(F)Oc2ccc(F)cc2F)o1. The predicted molar refractivity (Wildman–Crippen MR) is 65.2 cm³/mol. The van der Waals surface area contributed by atoms with Crippen molar-refractivity contribution in [3.63, 3.8) is 0 Å². The molecule has 1 heterocycles. The number of H-pyrrole nitrogens is 1. The Morgan fingerprint density at radius 3 is 2.90 bits per heavy atom. The van der Waals surface area contributed by atoms with Gasteiger partial charge in [-0.1, -0.05) is 0 Å². The van der Waals surface area contributed by atoms with Crippen molar-refractivity contribution < 1.29 is 22.3 Å². The van der Waals surface area contributed by atoms with E-state index in [0.717, 1.165) is 23.9 Å². The smallest absolute Gasteiger partial charge is 0.434 e. The van der Waals surface area contributed by atoms with Gasteiger partial charge in [0.2, 0.25) is 12.2 Å². The molecule has 20 heavy (non-hydrogen) atoms. The first-order chi connectivity index (χ1) is 9.54. The summed E-state index contributed by atoms with van der Waals surface area (Å²) in [5, 5.41) is 5.59. The van der Waals surface area contributed by atoms with Crippen LogP contribution in [0.1, 0.15) is 5.89 Å². The molecule has 9 heteroatoms. The van der Waals surface area contributed by atoms with Crippen molar-refractivity contribution in [1.29, 1.82) is 0 Å². The molecular weight excluding hydrogens is 297 g/mol. The van der Waals surface area contributed by atoms with Gasteiger partial charge in [0.25, 0.3) is 0 Å². The number of aromatic nitrogens is 2. The Balaban J connectivity index is 1.80. The lowest BCUT2D eigenvalue weighted by Gasteiger charge is -2.11. The normalized spacial score (nSPS) is 12.3. The van der Waals surface area contributed by atoms with Crippen LogP contribution in [0.15, 0.2) is 27.4 Å². The maximum absolute atomic E-state index is 13.5. The molecule has 1 aromatic heterocycles. The lowest BCUT2D eigenvalue weighted by molar-refractivity contribution is 0.0857. The Bertz CT molecular complexity index is 631. The van der Waals surface area contributed by atoms with E-state index in [9.17, 15) is 18.0 Å². The predicted octanol–water partition coefficient (Wildman–Crippen LogP) is 2.25. The average Bonchev–Trinajstić information content (AvgIpc) is 2.79. The number of thioether (sulfide) groups is 1. The molecule has 0 saturated carbocycles. The first-order valence-electron chi connectivity index (χ1n) is 5.42. The fourth-order valence-electron chi connectivity index (χ4n) is 1.30. The second-order valence-corrected chi connectivity index (χ2v) is 4.65. The van der Waals surface area contributed by atoms with Gasteiger partial charge in [-0.2, -0.15) is 0 Å². The van der Waals surface area contributed by atoms with E-state index in [1.807, 2.05) is 0 Å². The Labute approximate surface area is 115 Å². The van der Waals surface area contributed by atoms with Crippen LogP contribution in [-0.4, -0.2) is 22.3 Å². The maximum atomic E-state index is 13.5. The van der Waals surface area contributed by atoms with Crippen molar-refractivity contribution in [1.82, 2.24) is 10.2 Å². The van der Waals surface area contributed by atoms with E-state index in [0.29, 0.717) is 6.07 Å². The highest BCUT2D eigenvalue weighted by molar-refractivity contribution is 7.98. The summed E-state index contributed by atoms with van der Waals surface area (Å²) >= 11 is 1.04. The minimum absolute atomic E-state index is 0.125. The summed E-state index contributed by atoms with van der Waals surface area (Å²) in [6.07, 6.45) is -1.79. The fourth-order valence-corrected chi connectivity index (χ4v) is 1.97. The number of alkyl halides is 1. The van der Waals surface area contributed by atoms with Crippen LogP contribution in [0.5, 0.6) is 5.75 Å². The second-order valence-electron chi connectivity index (χ2n) is 3.62. The van der Waals surface area contributed by atoms with E-state index in [2.05, 4.69) is 14.6 Å². The summed E-state index contributed by atoms with van der Waals surface area (Å²) in [7, 11) is 0. The van der Waals surface area contributed by atoms with Gasteiger partial charge in [-0.15, -0.1) is 16.9 Å². The highest BCUT2D eigenvalue weighted by Crippen LogP contribution is 2.21. The van der Waals surface area contributed by atoms with Gasteiger partial charge in [-0.25, -0.2) is 23.1 Å². The Hall–Kier alpha value is -1.90. The lowest BCUT2D eigenvalue weighted by Crippen LogP contribution is -2.14. The summed E-state index contributed by atoms with van der Waals surface area (Å²) in [5.74, 6) is -2.65. The number of ether oxygens (including phenoxy) is 1. The summed E-state index contributed by atoms with van der Waals surface area (Å²) in [5.41, 5.74) is 0. The summed E-state index contributed by atoms with van der Waals surface area (Å²) < 4.78 is 48.6. The van der Waals surface area contributed by atoms with E-state index in [-0.39, 0.29) is 23.1 Å². The third-order valence-electron chi connectivity index (χ3n) is 2.11. The minimum atomic E-state index is -1.79. The van der Waals surface area contributed by atoms with Crippen molar-refractivity contribution in [2.75, 3.05) is 5.75 Å². The van der Waals surface area contributed by atoms with Crippen molar-refractivity contribution in [2.24, 2.45) is 0 Å². The van der Waals surface area contributed by atoms with Crippen LogP contribution in [0.3, 0.4) is 0 Å². The molecule has 0 saturated heterocycles. The van der Waals surface area contributed by atoms with Crippen LogP contribution >= 0.6 is 11.8 Å². The Morgan fingerprint density at radius 1 is 1.45 bits per heavy atom. The number of aromatic amines is 1. The Kier molecular flexibility index (Phi) is 4.72. The van der Waals surface area contributed by atoms with Crippen molar-refractivity contribution in [2.45, 2.75) is 12.1 Å². The van der Waals surface area contributed by atoms with Gasteiger partial charge in [-0.3, -0.25) is 0 Å². The monoisotopic (exact) mass is 306 g/mol. The third-order valence-corrected chi connectivity index (χ3v) is 3.05. The summed E-state index contributed by atoms with van der Waals surface area (Å²) in [6.45, 7) is 0. The third kappa shape index (κ3) is 4.05. The Morgan fingerprint density at radius 2 is 2.25 bits per heavy atom. The zero-order chi connectivity index (χ0) is 14.5. The minimum Gasteiger partial charge on any atom is -0.456 e. The summed E-state index contributed by atoms with van der Waals surface area (Å²) in [4.78, 5) is 10.6. The molecule has 0 fully saturated rings. The molecule has 0 spiro atoms. The zero-order valence-corrected chi connectivity index (χ0v) is 10.8. The molecule has 0 radical (unpaired) electrons. The van der Waals surface area contributed by atoms with Crippen molar-refractivity contribution in [3.05, 3.63) is 46.3 Å². The number of benzene rings is 1. The molecule has 1 unspecified atom stereocenters. The van der Waals surface area contributed by atoms with E-state index < -0.39 is 23.7 Å². The largest absolute Gasteiger partial charge is 0.456 e. The number of rotatable bonds is 6. The van der Waals surface area contributed by atoms with Gasteiger partial charge in [0.05, 0.1) is 11.5 Å². The van der Waals surface area contributed by atoms with Crippen LogP contribution in [0.2, 0.25) is 0 Å². The summed E-state index contributed by atoms with van der Waals surface area (Å²) in [6, 6.07) is 2.58. The second kappa shape index (κ2) is 6.51. The highest BCUT2D eigenvalue weighted by Gasteiger charge is 2.13. The van der Waals surface area contributed by atoms with E-state index in [1.54, 1.807) is 0 Å². The maximum Gasteiger partial charge on any atom is 0.434 e. The number of nitrogens with zero attached hydrogens (tertiary/aromatic N) is 1. The molecule has 1 N–H and O–H groups in total. The number of hydrogen-bond donors (Lipinski definition) is 1. The molecule has 0 aliphatic carbocycles. The standard InChI is InChI=1S/C11H9F3N2O3S/c12-6-1-2-8(7(13)3-6)18-9(14)4-20-5-10-15-16-11(17)19-10/h1-3,9H,4-5H2,(H,16,17). The van der Waals surface area contributed by atoms with Crippen molar-refractivity contribution in [3.8, 4) is 5.75 Å². The fraction of sp³-hybridized carbons (Fsp3) is 0.273.